The fraction of sp³-hybridized carbons (Fsp3) is 0.179. The summed E-state index contributed by atoms with van der Waals surface area (Å²) in [5.74, 6) is -8.24. The van der Waals surface area contributed by atoms with E-state index >= 15 is 0 Å². The van der Waals surface area contributed by atoms with E-state index in [0.717, 1.165) is 68.1 Å². The van der Waals surface area contributed by atoms with Crippen LogP contribution in [0.25, 0.3) is 54.9 Å². The van der Waals surface area contributed by atoms with E-state index in [9.17, 15) is 26.3 Å². The van der Waals surface area contributed by atoms with Crippen molar-refractivity contribution in [2.45, 2.75) is 33.7 Å². The fourth-order valence-electron chi connectivity index (χ4n) is 6.49. The highest BCUT2D eigenvalue weighted by atomic mass is 19.2. The van der Waals surface area contributed by atoms with Crippen molar-refractivity contribution >= 4 is 21.5 Å². The smallest absolute Gasteiger partial charge is 0.194 e. The van der Waals surface area contributed by atoms with E-state index in [1.807, 2.05) is 81.4 Å². The van der Waals surface area contributed by atoms with E-state index in [1.54, 1.807) is 0 Å². The van der Waals surface area contributed by atoms with Gasteiger partial charge in [0.15, 0.2) is 34.9 Å². The van der Waals surface area contributed by atoms with Crippen LogP contribution in [0.5, 0.6) is 0 Å². The van der Waals surface area contributed by atoms with Crippen LogP contribution in [0, 0.1) is 34.9 Å². The standard InChI is InChI=1S/C39H31F6N/c1-4-26-29(24-17-32(40)38(44)33(41)18-24)15-22-11-7-9-13-27(22)36(26)37-28-14-10-8-12-23(28)16-30(31(37)21-46(5-2)6-3)25-19-34(42)39(45)35(43)20-25/h7-20H,4-6,21H2,1-3H3. The number of halogens is 6. The van der Waals surface area contributed by atoms with Crippen LogP contribution >= 0.6 is 0 Å². The first-order valence-electron chi connectivity index (χ1n) is 15.3. The van der Waals surface area contributed by atoms with Gasteiger partial charge in [0.2, 0.25) is 0 Å². The average Bonchev–Trinajstić information content (AvgIpc) is 3.06. The molecule has 0 radical (unpaired) electrons. The minimum atomic E-state index is -1.54. The highest BCUT2D eigenvalue weighted by Crippen LogP contribution is 2.47. The second kappa shape index (κ2) is 12.6. The summed E-state index contributed by atoms with van der Waals surface area (Å²) in [6, 6.07) is 23.0. The van der Waals surface area contributed by atoms with E-state index in [-0.39, 0.29) is 11.1 Å². The Morgan fingerprint density at radius 3 is 1.30 bits per heavy atom. The highest BCUT2D eigenvalue weighted by Gasteiger charge is 2.25. The maximum absolute atomic E-state index is 14.7. The van der Waals surface area contributed by atoms with Crippen molar-refractivity contribution in [2.24, 2.45) is 0 Å². The average molecular weight is 628 g/mol. The summed E-state index contributed by atoms with van der Waals surface area (Å²) < 4.78 is 87.0. The zero-order valence-electron chi connectivity index (χ0n) is 25.6. The molecule has 0 aliphatic carbocycles. The molecule has 0 unspecified atom stereocenters. The van der Waals surface area contributed by atoms with Gasteiger partial charge in [-0.15, -0.1) is 0 Å². The molecule has 0 N–H and O–H groups in total. The minimum absolute atomic E-state index is 0.187. The summed E-state index contributed by atoms with van der Waals surface area (Å²) >= 11 is 0. The molecule has 234 valence electrons. The molecular weight excluding hydrogens is 596 g/mol. The molecule has 0 saturated carbocycles. The Labute approximate surface area is 263 Å². The summed E-state index contributed by atoms with van der Waals surface area (Å²) in [4.78, 5) is 2.18. The zero-order valence-corrected chi connectivity index (χ0v) is 25.6. The molecule has 6 aromatic rings. The van der Waals surface area contributed by atoms with Crippen LogP contribution in [-0.2, 0) is 13.0 Å². The third kappa shape index (κ3) is 5.43. The Hall–Kier alpha value is -4.62. The molecule has 0 aliphatic heterocycles. The van der Waals surface area contributed by atoms with Gasteiger partial charge in [0, 0.05) is 6.54 Å². The summed E-state index contributed by atoms with van der Waals surface area (Å²) in [6.45, 7) is 7.74. The van der Waals surface area contributed by atoms with E-state index in [2.05, 4.69) is 4.90 Å². The summed E-state index contributed by atoms with van der Waals surface area (Å²) in [6.07, 6.45) is 0.444. The third-order valence-electron chi connectivity index (χ3n) is 8.78. The van der Waals surface area contributed by atoms with Gasteiger partial charge in [-0.2, -0.15) is 0 Å². The molecule has 6 rings (SSSR count). The first-order chi connectivity index (χ1) is 22.2. The molecule has 7 heteroatoms. The third-order valence-corrected chi connectivity index (χ3v) is 8.78. The molecule has 0 aliphatic rings. The number of nitrogens with zero attached hydrogens (tertiary/aromatic N) is 1. The molecule has 6 aromatic carbocycles. The molecule has 1 nitrogen and oxygen atoms in total. The number of hydrogen-bond donors (Lipinski definition) is 0. The van der Waals surface area contributed by atoms with E-state index < -0.39 is 34.9 Å². The van der Waals surface area contributed by atoms with Crippen molar-refractivity contribution in [1.29, 1.82) is 0 Å². The fourth-order valence-corrected chi connectivity index (χ4v) is 6.49. The summed E-state index contributed by atoms with van der Waals surface area (Å²) in [5.41, 5.74) is 4.57. The number of fused-ring (bicyclic) bond motifs is 2. The molecule has 0 heterocycles. The second-order valence-electron chi connectivity index (χ2n) is 11.3. The van der Waals surface area contributed by atoms with Gasteiger partial charge in [0.25, 0.3) is 0 Å². The first kappa shape index (κ1) is 31.4. The largest absolute Gasteiger partial charge is 0.300 e. The van der Waals surface area contributed by atoms with Crippen molar-refractivity contribution in [2.75, 3.05) is 13.1 Å². The molecule has 0 spiro atoms. The van der Waals surface area contributed by atoms with E-state index in [4.69, 9.17) is 0 Å². The topological polar surface area (TPSA) is 3.24 Å². The van der Waals surface area contributed by atoms with Crippen LogP contribution in [0.15, 0.2) is 84.9 Å². The maximum atomic E-state index is 14.7. The van der Waals surface area contributed by atoms with Crippen LogP contribution < -0.4 is 0 Å². The van der Waals surface area contributed by atoms with Crippen LogP contribution in [-0.4, -0.2) is 18.0 Å². The Balaban J connectivity index is 1.83. The van der Waals surface area contributed by atoms with Crippen molar-refractivity contribution in [3.05, 3.63) is 131 Å². The van der Waals surface area contributed by atoms with Crippen LogP contribution in [0.1, 0.15) is 31.9 Å². The SMILES string of the molecule is CCc1c(-c2cc(F)c(F)c(F)c2)cc2ccccc2c1-c1c(CN(CC)CC)c(-c2cc(F)c(F)c(F)c2)cc2ccccc12. The normalized spacial score (nSPS) is 11.7. The van der Waals surface area contributed by atoms with Gasteiger partial charge in [0.1, 0.15) is 0 Å². The van der Waals surface area contributed by atoms with Gasteiger partial charge >= 0.3 is 0 Å². The quantitative estimate of drug-likeness (QED) is 0.120. The van der Waals surface area contributed by atoms with E-state index in [0.29, 0.717) is 37.2 Å². The zero-order chi connectivity index (χ0) is 32.7. The first-order valence-corrected chi connectivity index (χ1v) is 15.3. The predicted molar refractivity (Wildman–Crippen MR) is 174 cm³/mol. The lowest BCUT2D eigenvalue weighted by Crippen LogP contribution is -2.23. The van der Waals surface area contributed by atoms with Crippen LogP contribution in [0.3, 0.4) is 0 Å². The molecule has 0 atom stereocenters. The van der Waals surface area contributed by atoms with Crippen molar-refractivity contribution < 1.29 is 26.3 Å². The van der Waals surface area contributed by atoms with Crippen LogP contribution in [0.2, 0.25) is 0 Å². The molecular formula is C39H31F6N. The van der Waals surface area contributed by atoms with Gasteiger partial charge < -0.3 is 0 Å². The number of hydrogen-bond acceptors (Lipinski definition) is 1. The number of rotatable bonds is 8. The Kier molecular flexibility index (Phi) is 8.62. The summed E-state index contributed by atoms with van der Waals surface area (Å²) in [7, 11) is 0. The molecule has 0 saturated heterocycles. The lowest BCUT2D eigenvalue weighted by atomic mass is 9.80. The molecule has 0 fully saturated rings. The monoisotopic (exact) mass is 627 g/mol. The minimum Gasteiger partial charge on any atom is -0.300 e. The van der Waals surface area contributed by atoms with Gasteiger partial charge in [-0.3, -0.25) is 4.90 Å². The molecule has 0 amide bonds. The molecule has 0 bridgehead atoms. The number of benzene rings is 6. The van der Waals surface area contributed by atoms with Crippen molar-refractivity contribution in [1.82, 2.24) is 4.90 Å². The van der Waals surface area contributed by atoms with Crippen LogP contribution in [0.4, 0.5) is 26.3 Å². The van der Waals surface area contributed by atoms with Gasteiger partial charge in [-0.1, -0.05) is 69.3 Å². The highest BCUT2D eigenvalue weighted by molar-refractivity contribution is 6.11. The van der Waals surface area contributed by atoms with Gasteiger partial charge in [-0.25, -0.2) is 26.3 Å². The van der Waals surface area contributed by atoms with E-state index in [1.165, 1.54) is 0 Å². The second-order valence-corrected chi connectivity index (χ2v) is 11.3. The molecule has 46 heavy (non-hydrogen) atoms. The van der Waals surface area contributed by atoms with Gasteiger partial charge in [0.05, 0.1) is 0 Å². The lowest BCUT2D eigenvalue weighted by molar-refractivity contribution is 0.296. The summed E-state index contributed by atoms with van der Waals surface area (Å²) in [5, 5.41) is 3.31. The Bertz CT molecular complexity index is 2070. The predicted octanol–water partition coefficient (Wildman–Crippen LogP) is 11.2. The Morgan fingerprint density at radius 2 is 0.891 bits per heavy atom. The van der Waals surface area contributed by atoms with Gasteiger partial charge in [-0.05, 0) is 122 Å². The Morgan fingerprint density at radius 1 is 0.500 bits per heavy atom. The lowest BCUT2D eigenvalue weighted by Gasteiger charge is -2.27. The van der Waals surface area contributed by atoms with Crippen molar-refractivity contribution in [3.8, 4) is 33.4 Å². The maximum Gasteiger partial charge on any atom is 0.194 e. The van der Waals surface area contributed by atoms with Crippen molar-refractivity contribution in [3.63, 3.8) is 0 Å². The molecule has 0 aromatic heterocycles.